The molecule has 1 aromatic carbocycles. The van der Waals surface area contributed by atoms with Crippen LogP contribution in [0.2, 0.25) is 0 Å². The summed E-state index contributed by atoms with van der Waals surface area (Å²) in [6, 6.07) is 11.3. The molecule has 0 spiro atoms. The summed E-state index contributed by atoms with van der Waals surface area (Å²) in [5.41, 5.74) is 2.75. The molecule has 3 heteroatoms. The molecule has 1 aromatic heterocycles. The molecule has 0 N–H and O–H groups in total. The number of aryl methyl sites for hydroxylation is 1. The van der Waals surface area contributed by atoms with Crippen LogP contribution in [0.15, 0.2) is 40.9 Å². The maximum Gasteiger partial charge on any atom is 0.227 e. The number of benzene rings is 1. The van der Waals surface area contributed by atoms with Gasteiger partial charge < -0.3 is 0 Å². The lowest BCUT2D eigenvalue weighted by Crippen LogP contribution is -1.88. The first-order valence-corrected chi connectivity index (χ1v) is 5.35. The molecule has 0 aliphatic rings. The average molecular weight is 266 g/mol. The Morgan fingerprint density at radius 1 is 1.07 bits per heavy atom. The average Bonchev–Trinajstić information content (AvgIpc) is 2.23. The lowest BCUT2D eigenvalue weighted by molar-refractivity contribution is 0.578. The van der Waals surface area contributed by atoms with E-state index in [9.17, 15) is 4.39 Å². The first-order chi connectivity index (χ1) is 7.16. The zero-order chi connectivity index (χ0) is 10.8. The Hall–Kier alpha value is -1.22. The molecule has 0 saturated carbocycles. The van der Waals surface area contributed by atoms with Crippen LogP contribution in [0.3, 0.4) is 0 Å². The topological polar surface area (TPSA) is 12.9 Å². The quantitative estimate of drug-likeness (QED) is 0.712. The summed E-state index contributed by atoms with van der Waals surface area (Å²) in [6.07, 6.45) is 0. The zero-order valence-corrected chi connectivity index (χ0v) is 9.75. The summed E-state index contributed by atoms with van der Waals surface area (Å²) in [5.74, 6) is -0.479. The third-order valence-corrected chi connectivity index (χ3v) is 2.74. The summed E-state index contributed by atoms with van der Waals surface area (Å²) in [5, 5.41) is 0. The minimum absolute atomic E-state index is 0.387. The highest BCUT2D eigenvalue weighted by molar-refractivity contribution is 9.10. The number of aromatic nitrogens is 1. The normalized spacial score (nSPS) is 10.3. The van der Waals surface area contributed by atoms with Crippen molar-refractivity contribution in [2.45, 2.75) is 6.92 Å². The van der Waals surface area contributed by atoms with E-state index in [1.165, 1.54) is 5.56 Å². The third kappa shape index (κ3) is 2.23. The van der Waals surface area contributed by atoms with Crippen molar-refractivity contribution in [3.63, 3.8) is 0 Å². The summed E-state index contributed by atoms with van der Waals surface area (Å²) in [4.78, 5) is 3.86. The maximum atomic E-state index is 13.2. The molecular weight excluding hydrogens is 257 g/mol. The van der Waals surface area contributed by atoms with E-state index in [1.807, 2.05) is 31.2 Å². The zero-order valence-electron chi connectivity index (χ0n) is 8.17. The Kier molecular flexibility index (Phi) is 2.82. The standard InChI is InChI=1S/C12H9BrFN/c1-8-2-4-9(5-3-8)11-7-6-10(13)12(14)15-11/h2-7H,1H3. The molecule has 15 heavy (non-hydrogen) atoms. The van der Waals surface area contributed by atoms with Crippen LogP contribution < -0.4 is 0 Å². The Morgan fingerprint density at radius 3 is 2.33 bits per heavy atom. The van der Waals surface area contributed by atoms with E-state index in [1.54, 1.807) is 12.1 Å². The summed E-state index contributed by atoms with van der Waals surface area (Å²) in [7, 11) is 0. The first kappa shape index (κ1) is 10.3. The number of hydrogen-bond acceptors (Lipinski definition) is 1. The summed E-state index contributed by atoms with van der Waals surface area (Å²) < 4.78 is 13.6. The van der Waals surface area contributed by atoms with E-state index in [0.717, 1.165) is 5.56 Å². The van der Waals surface area contributed by atoms with Gasteiger partial charge in [-0.1, -0.05) is 29.8 Å². The lowest BCUT2D eigenvalue weighted by Gasteiger charge is -2.02. The van der Waals surface area contributed by atoms with Crippen molar-refractivity contribution in [3.05, 3.63) is 52.4 Å². The SMILES string of the molecule is Cc1ccc(-c2ccc(Br)c(F)n2)cc1. The number of pyridine rings is 1. The van der Waals surface area contributed by atoms with Crippen LogP contribution in [-0.4, -0.2) is 4.98 Å². The van der Waals surface area contributed by atoms with Gasteiger partial charge in [0.2, 0.25) is 5.95 Å². The van der Waals surface area contributed by atoms with E-state index in [0.29, 0.717) is 10.2 Å². The highest BCUT2D eigenvalue weighted by atomic mass is 79.9. The number of nitrogens with zero attached hydrogens (tertiary/aromatic N) is 1. The van der Waals surface area contributed by atoms with E-state index >= 15 is 0 Å². The number of hydrogen-bond donors (Lipinski definition) is 0. The fourth-order valence-electron chi connectivity index (χ4n) is 1.30. The van der Waals surface area contributed by atoms with Gasteiger partial charge in [0, 0.05) is 5.56 Å². The predicted molar refractivity (Wildman–Crippen MR) is 62.1 cm³/mol. The van der Waals surface area contributed by atoms with Gasteiger partial charge in [0.25, 0.3) is 0 Å². The van der Waals surface area contributed by atoms with Crippen LogP contribution in [0.4, 0.5) is 4.39 Å². The lowest BCUT2D eigenvalue weighted by atomic mass is 10.1. The second-order valence-corrected chi connectivity index (χ2v) is 4.19. The highest BCUT2D eigenvalue weighted by Crippen LogP contribution is 2.21. The van der Waals surface area contributed by atoms with E-state index in [4.69, 9.17) is 0 Å². The fraction of sp³-hybridized carbons (Fsp3) is 0.0833. The first-order valence-electron chi connectivity index (χ1n) is 4.56. The number of rotatable bonds is 1. The molecule has 0 aliphatic heterocycles. The Bertz CT molecular complexity index is 479. The molecule has 0 radical (unpaired) electrons. The largest absolute Gasteiger partial charge is 0.227 e. The van der Waals surface area contributed by atoms with Crippen LogP contribution in [-0.2, 0) is 0 Å². The van der Waals surface area contributed by atoms with Gasteiger partial charge >= 0.3 is 0 Å². The smallest absolute Gasteiger partial charge is 0.219 e. The minimum atomic E-state index is -0.479. The van der Waals surface area contributed by atoms with Crippen molar-refractivity contribution < 1.29 is 4.39 Å². The molecule has 76 valence electrons. The fourth-order valence-corrected chi connectivity index (χ4v) is 1.52. The van der Waals surface area contributed by atoms with Crippen molar-refractivity contribution in [3.8, 4) is 11.3 Å². The van der Waals surface area contributed by atoms with Crippen molar-refractivity contribution in [2.75, 3.05) is 0 Å². The van der Waals surface area contributed by atoms with Gasteiger partial charge in [0.05, 0.1) is 10.2 Å². The Labute approximate surface area is 96.1 Å². The molecule has 1 heterocycles. The highest BCUT2D eigenvalue weighted by Gasteiger charge is 2.03. The van der Waals surface area contributed by atoms with Gasteiger partial charge in [0.1, 0.15) is 0 Å². The molecule has 0 fully saturated rings. The van der Waals surface area contributed by atoms with Crippen LogP contribution >= 0.6 is 15.9 Å². The predicted octanol–water partition coefficient (Wildman–Crippen LogP) is 3.96. The van der Waals surface area contributed by atoms with Crippen LogP contribution in [0.1, 0.15) is 5.56 Å². The van der Waals surface area contributed by atoms with Gasteiger partial charge in [-0.05, 0) is 35.0 Å². The van der Waals surface area contributed by atoms with Crippen LogP contribution in [0, 0.1) is 12.9 Å². The molecule has 0 amide bonds. The van der Waals surface area contributed by atoms with Gasteiger partial charge in [-0.3, -0.25) is 0 Å². The van der Waals surface area contributed by atoms with Gasteiger partial charge in [-0.2, -0.15) is 4.39 Å². The molecule has 0 aliphatic carbocycles. The third-order valence-electron chi connectivity index (χ3n) is 2.15. The molecule has 0 bridgehead atoms. The summed E-state index contributed by atoms with van der Waals surface area (Å²) in [6.45, 7) is 2.01. The molecule has 0 unspecified atom stereocenters. The van der Waals surface area contributed by atoms with E-state index in [2.05, 4.69) is 20.9 Å². The summed E-state index contributed by atoms with van der Waals surface area (Å²) >= 11 is 3.08. The molecule has 2 aromatic rings. The van der Waals surface area contributed by atoms with Crippen molar-refractivity contribution >= 4 is 15.9 Å². The van der Waals surface area contributed by atoms with Crippen molar-refractivity contribution in [1.82, 2.24) is 4.98 Å². The molecular formula is C12H9BrFN. The molecule has 0 saturated heterocycles. The van der Waals surface area contributed by atoms with Crippen LogP contribution in [0.25, 0.3) is 11.3 Å². The number of halogens is 2. The Balaban J connectivity index is 2.45. The van der Waals surface area contributed by atoms with Crippen molar-refractivity contribution in [2.24, 2.45) is 0 Å². The van der Waals surface area contributed by atoms with Gasteiger partial charge in [0.15, 0.2) is 0 Å². The van der Waals surface area contributed by atoms with E-state index < -0.39 is 5.95 Å². The van der Waals surface area contributed by atoms with E-state index in [-0.39, 0.29) is 0 Å². The molecule has 1 nitrogen and oxygen atoms in total. The molecule has 0 atom stereocenters. The van der Waals surface area contributed by atoms with Gasteiger partial charge in [-0.25, -0.2) is 4.98 Å². The Morgan fingerprint density at radius 2 is 1.73 bits per heavy atom. The minimum Gasteiger partial charge on any atom is -0.219 e. The maximum absolute atomic E-state index is 13.2. The van der Waals surface area contributed by atoms with Crippen LogP contribution in [0.5, 0.6) is 0 Å². The second-order valence-electron chi connectivity index (χ2n) is 3.34. The van der Waals surface area contributed by atoms with Gasteiger partial charge in [-0.15, -0.1) is 0 Å². The molecule has 2 rings (SSSR count). The monoisotopic (exact) mass is 265 g/mol. The van der Waals surface area contributed by atoms with Crippen molar-refractivity contribution in [1.29, 1.82) is 0 Å². The second kappa shape index (κ2) is 4.11.